The van der Waals surface area contributed by atoms with Crippen LogP contribution in [-0.2, 0) is 9.53 Å². The molecule has 1 fully saturated rings. The molecule has 11 heavy (non-hydrogen) atoms. The normalized spacial score (nSPS) is 24.1. The van der Waals surface area contributed by atoms with Gasteiger partial charge in [0.25, 0.3) is 0 Å². The molecule has 1 aliphatic rings. The highest BCUT2D eigenvalue weighted by atomic mass is 16.5. The Balaban J connectivity index is 2.28. The number of carbonyl (C=O) groups is 1. The molecule has 0 aromatic carbocycles. The highest BCUT2D eigenvalue weighted by Gasteiger charge is 2.23. The Morgan fingerprint density at radius 1 is 1.64 bits per heavy atom. The van der Waals surface area contributed by atoms with Crippen molar-refractivity contribution >= 4 is 5.91 Å². The minimum Gasteiger partial charge on any atom is -0.368 e. The van der Waals surface area contributed by atoms with E-state index in [2.05, 4.69) is 5.32 Å². The van der Waals surface area contributed by atoms with E-state index in [-0.39, 0.29) is 18.1 Å². The maximum atomic E-state index is 11.2. The molecule has 0 spiro atoms. The van der Waals surface area contributed by atoms with Crippen molar-refractivity contribution in [2.45, 2.75) is 38.8 Å². The Hall–Kier alpha value is -0.570. The lowest BCUT2D eigenvalue weighted by atomic mass is 10.2. The molecule has 1 aliphatic heterocycles. The fourth-order valence-electron chi connectivity index (χ4n) is 1.16. The van der Waals surface area contributed by atoms with Crippen LogP contribution in [0.2, 0.25) is 0 Å². The van der Waals surface area contributed by atoms with E-state index < -0.39 is 0 Å². The predicted octanol–water partition coefficient (Wildman–Crippen LogP) is 0.690. The number of amides is 1. The summed E-state index contributed by atoms with van der Waals surface area (Å²) in [7, 11) is 0. The first-order valence-corrected chi connectivity index (χ1v) is 4.12. The Labute approximate surface area is 67.1 Å². The lowest BCUT2D eigenvalue weighted by molar-refractivity contribution is -0.130. The zero-order valence-electron chi connectivity index (χ0n) is 7.09. The summed E-state index contributed by atoms with van der Waals surface area (Å²) in [5.41, 5.74) is 0. The molecule has 1 rings (SSSR count). The maximum Gasteiger partial charge on any atom is 0.249 e. The number of ether oxygens (including phenoxy) is 1. The van der Waals surface area contributed by atoms with Crippen LogP contribution < -0.4 is 5.32 Å². The van der Waals surface area contributed by atoms with Gasteiger partial charge < -0.3 is 10.1 Å². The molecular weight excluding hydrogens is 142 g/mol. The summed E-state index contributed by atoms with van der Waals surface area (Å²) in [5, 5.41) is 2.82. The van der Waals surface area contributed by atoms with Crippen LogP contribution in [0.1, 0.15) is 26.7 Å². The zero-order valence-corrected chi connectivity index (χ0v) is 7.09. The van der Waals surface area contributed by atoms with E-state index in [1.165, 1.54) is 0 Å². The van der Waals surface area contributed by atoms with Gasteiger partial charge in [-0.25, -0.2) is 0 Å². The summed E-state index contributed by atoms with van der Waals surface area (Å²) < 4.78 is 5.20. The van der Waals surface area contributed by atoms with Gasteiger partial charge in [-0.05, 0) is 26.7 Å². The molecule has 0 aromatic rings. The van der Waals surface area contributed by atoms with Gasteiger partial charge >= 0.3 is 0 Å². The van der Waals surface area contributed by atoms with Crippen molar-refractivity contribution in [3.63, 3.8) is 0 Å². The smallest absolute Gasteiger partial charge is 0.249 e. The lowest BCUT2D eigenvalue weighted by Crippen LogP contribution is -2.38. The Bertz CT molecular complexity index is 139. The second-order valence-corrected chi connectivity index (χ2v) is 3.16. The molecule has 0 saturated carbocycles. The maximum absolute atomic E-state index is 11.2. The molecule has 0 aliphatic carbocycles. The molecule has 1 amide bonds. The highest BCUT2D eigenvalue weighted by molar-refractivity contribution is 5.81. The van der Waals surface area contributed by atoms with Gasteiger partial charge in [0.15, 0.2) is 0 Å². The van der Waals surface area contributed by atoms with Crippen LogP contribution in [0.4, 0.5) is 0 Å². The van der Waals surface area contributed by atoms with Gasteiger partial charge in [-0.15, -0.1) is 0 Å². The minimum absolute atomic E-state index is 0.0394. The summed E-state index contributed by atoms with van der Waals surface area (Å²) in [6.45, 7) is 4.63. The van der Waals surface area contributed by atoms with E-state index in [0.29, 0.717) is 0 Å². The van der Waals surface area contributed by atoms with Crippen molar-refractivity contribution in [2.75, 3.05) is 6.61 Å². The van der Waals surface area contributed by atoms with Crippen LogP contribution in [0, 0.1) is 0 Å². The van der Waals surface area contributed by atoms with Crippen LogP contribution in [0.5, 0.6) is 0 Å². The van der Waals surface area contributed by atoms with Gasteiger partial charge in [0.2, 0.25) is 5.91 Å². The third kappa shape index (κ3) is 2.50. The van der Waals surface area contributed by atoms with Crippen molar-refractivity contribution in [1.29, 1.82) is 0 Å². The van der Waals surface area contributed by atoms with Gasteiger partial charge in [-0.2, -0.15) is 0 Å². The van der Waals surface area contributed by atoms with Gasteiger partial charge in [0.05, 0.1) is 0 Å². The largest absolute Gasteiger partial charge is 0.368 e. The van der Waals surface area contributed by atoms with E-state index in [1.54, 1.807) is 0 Å². The summed E-state index contributed by atoms with van der Waals surface area (Å²) in [4.78, 5) is 11.2. The van der Waals surface area contributed by atoms with E-state index in [9.17, 15) is 4.79 Å². The quantitative estimate of drug-likeness (QED) is 0.640. The summed E-state index contributed by atoms with van der Waals surface area (Å²) in [6.07, 6.45) is 1.70. The van der Waals surface area contributed by atoms with E-state index >= 15 is 0 Å². The molecule has 0 bridgehead atoms. The Kier molecular flexibility index (Phi) is 2.88. The Morgan fingerprint density at radius 2 is 2.36 bits per heavy atom. The first-order chi connectivity index (χ1) is 5.20. The van der Waals surface area contributed by atoms with Gasteiger partial charge in [-0.1, -0.05) is 0 Å². The van der Waals surface area contributed by atoms with Gasteiger partial charge in [0.1, 0.15) is 6.10 Å². The van der Waals surface area contributed by atoms with Crippen LogP contribution in [0.3, 0.4) is 0 Å². The number of rotatable bonds is 2. The number of nitrogens with one attached hydrogen (secondary N) is 1. The number of hydrogen-bond acceptors (Lipinski definition) is 2. The van der Waals surface area contributed by atoms with Crippen molar-refractivity contribution in [2.24, 2.45) is 0 Å². The molecular formula is C8H15NO2. The highest BCUT2D eigenvalue weighted by Crippen LogP contribution is 2.11. The fraction of sp³-hybridized carbons (Fsp3) is 0.875. The Morgan fingerprint density at radius 3 is 2.82 bits per heavy atom. The molecule has 1 atom stereocenters. The van der Waals surface area contributed by atoms with E-state index in [1.807, 2.05) is 13.8 Å². The second-order valence-electron chi connectivity index (χ2n) is 3.16. The van der Waals surface area contributed by atoms with Crippen LogP contribution in [0.25, 0.3) is 0 Å². The summed E-state index contributed by atoms with van der Waals surface area (Å²) in [6, 6.07) is 0.215. The third-order valence-electron chi connectivity index (χ3n) is 1.65. The van der Waals surface area contributed by atoms with E-state index in [4.69, 9.17) is 4.74 Å². The average Bonchev–Trinajstić information content (AvgIpc) is 2.35. The number of carbonyl (C=O) groups excluding carboxylic acids is 1. The third-order valence-corrected chi connectivity index (χ3v) is 1.65. The van der Waals surface area contributed by atoms with Crippen molar-refractivity contribution < 1.29 is 9.53 Å². The zero-order chi connectivity index (χ0) is 8.27. The first-order valence-electron chi connectivity index (χ1n) is 4.12. The second kappa shape index (κ2) is 3.72. The van der Waals surface area contributed by atoms with Crippen molar-refractivity contribution in [3.8, 4) is 0 Å². The first kappa shape index (κ1) is 8.53. The molecule has 1 N–H and O–H groups in total. The topological polar surface area (TPSA) is 38.3 Å². The molecule has 1 saturated heterocycles. The van der Waals surface area contributed by atoms with Crippen molar-refractivity contribution in [3.05, 3.63) is 0 Å². The lowest BCUT2D eigenvalue weighted by Gasteiger charge is -2.12. The average molecular weight is 157 g/mol. The molecule has 3 heteroatoms. The molecule has 0 unspecified atom stereocenters. The molecule has 0 aromatic heterocycles. The number of hydrogen-bond donors (Lipinski definition) is 1. The van der Waals surface area contributed by atoms with Gasteiger partial charge in [-0.3, -0.25) is 4.79 Å². The fourth-order valence-corrected chi connectivity index (χ4v) is 1.16. The van der Waals surface area contributed by atoms with Gasteiger partial charge in [0, 0.05) is 12.6 Å². The van der Waals surface area contributed by atoms with Crippen LogP contribution >= 0.6 is 0 Å². The molecule has 3 nitrogen and oxygen atoms in total. The van der Waals surface area contributed by atoms with Crippen molar-refractivity contribution in [1.82, 2.24) is 5.32 Å². The molecule has 0 radical (unpaired) electrons. The summed E-state index contributed by atoms with van der Waals surface area (Å²) in [5.74, 6) is 0.0394. The molecule has 64 valence electrons. The van der Waals surface area contributed by atoms with E-state index in [0.717, 1.165) is 19.4 Å². The monoisotopic (exact) mass is 157 g/mol. The minimum atomic E-state index is -0.183. The summed E-state index contributed by atoms with van der Waals surface area (Å²) >= 11 is 0. The van der Waals surface area contributed by atoms with Crippen LogP contribution in [0.15, 0.2) is 0 Å². The molecule has 1 heterocycles. The standard InChI is InChI=1S/C8H15NO2/c1-6(2)9-8(10)7-4-3-5-11-7/h6-7H,3-5H2,1-2H3,(H,9,10)/t7-/m0/s1. The predicted molar refractivity (Wildman–Crippen MR) is 42.3 cm³/mol. The van der Waals surface area contributed by atoms with Crippen LogP contribution in [-0.4, -0.2) is 24.7 Å². The SMILES string of the molecule is CC(C)NC(=O)[C@@H]1CCCO1.